The van der Waals surface area contributed by atoms with Gasteiger partial charge in [0, 0.05) is 23.2 Å². The number of ether oxygens (including phenoxy) is 1. The van der Waals surface area contributed by atoms with Crippen LogP contribution in [0.4, 0.5) is 0 Å². The Bertz CT molecular complexity index is 630. The molecular weight excluding hydrogens is 270 g/mol. The number of hydrogen-bond donors (Lipinski definition) is 1. The fourth-order valence-corrected chi connectivity index (χ4v) is 2.74. The Hall–Kier alpha value is -1.90. The maximum Gasteiger partial charge on any atom is 0.123 e. The Kier molecular flexibility index (Phi) is 4.72. The fourth-order valence-electron chi connectivity index (χ4n) is 1.91. The van der Waals surface area contributed by atoms with Gasteiger partial charge in [0.15, 0.2) is 0 Å². The monoisotopic (exact) mass is 287 g/mol. The first kappa shape index (κ1) is 14.5. The van der Waals surface area contributed by atoms with Crippen molar-refractivity contribution in [2.24, 2.45) is 0 Å². The molecule has 0 amide bonds. The van der Waals surface area contributed by atoms with Gasteiger partial charge in [0.05, 0.1) is 24.8 Å². The van der Waals surface area contributed by atoms with E-state index in [0.29, 0.717) is 12.1 Å². The predicted octanol–water partition coefficient (Wildman–Crippen LogP) is 3.18. The number of hydrogen-bond acceptors (Lipinski definition) is 5. The normalized spacial score (nSPS) is 11.9. The Morgan fingerprint density at radius 3 is 2.90 bits per heavy atom. The molecule has 0 saturated carbocycles. The number of benzene rings is 1. The smallest absolute Gasteiger partial charge is 0.123 e. The summed E-state index contributed by atoms with van der Waals surface area (Å²) < 4.78 is 5.32. The van der Waals surface area contributed by atoms with Crippen LogP contribution >= 0.6 is 11.3 Å². The van der Waals surface area contributed by atoms with Crippen LogP contribution in [0, 0.1) is 18.3 Å². The van der Waals surface area contributed by atoms with Gasteiger partial charge < -0.3 is 10.1 Å². The molecule has 5 heteroatoms. The first-order valence-corrected chi connectivity index (χ1v) is 7.24. The summed E-state index contributed by atoms with van der Waals surface area (Å²) in [7, 11) is 1.64. The summed E-state index contributed by atoms with van der Waals surface area (Å²) in [5.74, 6) is 0.791. The average molecular weight is 287 g/mol. The molecule has 1 N–H and O–H groups in total. The number of thiazole rings is 1. The number of aryl methyl sites for hydroxylation is 1. The summed E-state index contributed by atoms with van der Waals surface area (Å²) in [6, 6.07) is 7.76. The van der Waals surface area contributed by atoms with E-state index in [9.17, 15) is 0 Å². The Labute approximate surface area is 123 Å². The highest BCUT2D eigenvalue weighted by atomic mass is 32.1. The van der Waals surface area contributed by atoms with E-state index in [1.165, 1.54) is 0 Å². The third-order valence-electron chi connectivity index (χ3n) is 3.02. The number of rotatable bonds is 5. The van der Waals surface area contributed by atoms with E-state index >= 15 is 0 Å². The summed E-state index contributed by atoms with van der Waals surface area (Å²) in [6.45, 7) is 4.71. The highest BCUT2D eigenvalue weighted by molar-refractivity contribution is 7.09. The lowest BCUT2D eigenvalue weighted by Crippen LogP contribution is -2.18. The van der Waals surface area contributed by atoms with Crippen LogP contribution in [0.3, 0.4) is 0 Å². The maximum atomic E-state index is 8.96. The first-order chi connectivity index (χ1) is 9.63. The highest BCUT2D eigenvalue weighted by Gasteiger charge is 2.11. The molecule has 0 radical (unpaired) electrons. The summed E-state index contributed by atoms with van der Waals surface area (Å²) >= 11 is 1.65. The average Bonchev–Trinajstić information content (AvgIpc) is 2.91. The zero-order valence-corrected chi connectivity index (χ0v) is 12.6. The van der Waals surface area contributed by atoms with Crippen molar-refractivity contribution in [1.82, 2.24) is 10.3 Å². The minimum Gasteiger partial charge on any atom is -0.496 e. The van der Waals surface area contributed by atoms with E-state index in [2.05, 4.69) is 23.3 Å². The molecule has 0 aliphatic heterocycles. The molecule has 1 aromatic heterocycles. The molecule has 0 aliphatic carbocycles. The van der Waals surface area contributed by atoms with Gasteiger partial charge in [0.1, 0.15) is 10.8 Å². The summed E-state index contributed by atoms with van der Waals surface area (Å²) in [4.78, 5) is 4.47. The molecule has 0 bridgehead atoms. The van der Waals surface area contributed by atoms with Crippen LogP contribution in [0.1, 0.15) is 34.8 Å². The van der Waals surface area contributed by atoms with E-state index in [1.807, 2.05) is 24.4 Å². The van der Waals surface area contributed by atoms with Gasteiger partial charge in [-0.15, -0.1) is 11.3 Å². The van der Waals surface area contributed by atoms with Crippen molar-refractivity contribution < 1.29 is 4.74 Å². The Morgan fingerprint density at radius 1 is 1.50 bits per heavy atom. The van der Waals surface area contributed by atoms with Crippen molar-refractivity contribution in [3.63, 3.8) is 0 Å². The topological polar surface area (TPSA) is 57.9 Å². The van der Waals surface area contributed by atoms with Crippen LogP contribution < -0.4 is 10.1 Å². The zero-order valence-electron chi connectivity index (χ0n) is 11.8. The molecule has 2 rings (SSSR count). The summed E-state index contributed by atoms with van der Waals surface area (Å²) in [5.41, 5.74) is 2.66. The van der Waals surface area contributed by atoms with Crippen LogP contribution in [0.5, 0.6) is 5.75 Å². The largest absolute Gasteiger partial charge is 0.496 e. The van der Waals surface area contributed by atoms with E-state index in [4.69, 9.17) is 10.00 Å². The lowest BCUT2D eigenvalue weighted by Gasteiger charge is -2.13. The van der Waals surface area contributed by atoms with Crippen LogP contribution in [-0.4, -0.2) is 12.1 Å². The standard InChI is InChI=1S/C15H17N3OS/c1-10-9-20-15(18-10)11(2)17-8-13-6-12(7-16)4-5-14(13)19-3/h4-6,9,11,17H,8H2,1-3H3. The lowest BCUT2D eigenvalue weighted by molar-refractivity contribution is 0.406. The van der Waals surface area contributed by atoms with Gasteiger partial charge in [-0.25, -0.2) is 4.98 Å². The summed E-state index contributed by atoms with van der Waals surface area (Å²) in [5, 5.41) is 15.5. The number of methoxy groups -OCH3 is 1. The van der Waals surface area contributed by atoms with Gasteiger partial charge in [-0.05, 0) is 32.0 Å². The van der Waals surface area contributed by atoms with Crippen molar-refractivity contribution in [3.8, 4) is 11.8 Å². The zero-order chi connectivity index (χ0) is 14.5. The third-order valence-corrected chi connectivity index (χ3v) is 4.16. The fraction of sp³-hybridized carbons (Fsp3) is 0.333. The molecular formula is C15H17N3OS. The Morgan fingerprint density at radius 2 is 2.30 bits per heavy atom. The minimum atomic E-state index is 0.171. The van der Waals surface area contributed by atoms with Gasteiger partial charge in [-0.2, -0.15) is 5.26 Å². The number of aromatic nitrogens is 1. The van der Waals surface area contributed by atoms with Gasteiger partial charge in [-0.3, -0.25) is 0 Å². The molecule has 1 atom stereocenters. The lowest BCUT2D eigenvalue weighted by atomic mass is 10.1. The molecule has 0 fully saturated rings. The molecule has 1 heterocycles. The second kappa shape index (κ2) is 6.51. The van der Waals surface area contributed by atoms with Crippen molar-refractivity contribution in [2.45, 2.75) is 26.4 Å². The quantitative estimate of drug-likeness (QED) is 0.917. The van der Waals surface area contributed by atoms with Gasteiger partial charge in [-0.1, -0.05) is 0 Å². The molecule has 0 aliphatic rings. The molecule has 0 spiro atoms. The molecule has 20 heavy (non-hydrogen) atoms. The Balaban J connectivity index is 2.08. The van der Waals surface area contributed by atoms with E-state index in [-0.39, 0.29) is 6.04 Å². The minimum absolute atomic E-state index is 0.171. The van der Waals surface area contributed by atoms with E-state index in [1.54, 1.807) is 24.5 Å². The van der Waals surface area contributed by atoms with E-state index in [0.717, 1.165) is 22.0 Å². The number of nitrogens with zero attached hydrogens (tertiary/aromatic N) is 2. The molecule has 2 aromatic rings. The van der Waals surface area contributed by atoms with Gasteiger partial charge >= 0.3 is 0 Å². The van der Waals surface area contributed by atoms with Crippen molar-refractivity contribution >= 4 is 11.3 Å². The summed E-state index contributed by atoms with van der Waals surface area (Å²) in [6.07, 6.45) is 0. The van der Waals surface area contributed by atoms with Crippen molar-refractivity contribution in [3.05, 3.63) is 45.4 Å². The second-order valence-electron chi connectivity index (χ2n) is 4.57. The van der Waals surface area contributed by atoms with Gasteiger partial charge in [0.25, 0.3) is 0 Å². The first-order valence-electron chi connectivity index (χ1n) is 6.36. The maximum absolute atomic E-state index is 8.96. The second-order valence-corrected chi connectivity index (χ2v) is 5.46. The highest BCUT2D eigenvalue weighted by Crippen LogP contribution is 2.22. The van der Waals surface area contributed by atoms with Crippen LogP contribution in [0.15, 0.2) is 23.6 Å². The molecule has 104 valence electrons. The van der Waals surface area contributed by atoms with Crippen LogP contribution in [0.25, 0.3) is 0 Å². The van der Waals surface area contributed by atoms with Crippen LogP contribution in [-0.2, 0) is 6.54 Å². The van der Waals surface area contributed by atoms with E-state index < -0.39 is 0 Å². The van der Waals surface area contributed by atoms with Crippen LogP contribution in [0.2, 0.25) is 0 Å². The number of nitriles is 1. The van der Waals surface area contributed by atoms with Crippen molar-refractivity contribution in [1.29, 1.82) is 5.26 Å². The molecule has 1 aromatic carbocycles. The number of nitrogens with one attached hydrogen (secondary N) is 1. The molecule has 4 nitrogen and oxygen atoms in total. The molecule has 0 saturated heterocycles. The molecule has 1 unspecified atom stereocenters. The third kappa shape index (κ3) is 3.35. The SMILES string of the molecule is COc1ccc(C#N)cc1CNC(C)c1nc(C)cs1. The van der Waals surface area contributed by atoms with Crippen molar-refractivity contribution in [2.75, 3.05) is 7.11 Å². The van der Waals surface area contributed by atoms with Gasteiger partial charge in [0.2, 0.25) is 0 Å². The predicted molar refractivity (Wildman–Crippen MR) is 79.8 cm³/mol.